The molecule has 1 amide bonds. The molecule has 21 heavy (non-hydrogen) atoms. The summed E-state index contributed by atoms with van der Waals surface area (Å²) in [7, 11) is 0. The van der Waals surface area contributed by atoms with E-state index in [4.69, 9.17) is 5.73 Å². The molecule has 0 aliphatic carbocycles. The first-order valence-electron chi connectivity index (χ1n) is 6.89. The third-order valence-electron chi connectivity index (χ3n) is 3.88. The first kappa shape index (κ1) is 15.9. The predicted octanol–water partition coefficient (Wildman–Crippen LogP) is 2.56. The predicted molar refractivity (Wildman–Crippen MR) is 83.1 cm³/mol. The van der Waals surface area contributed by atoms with Crippen LogP contribution < -0.4 is 5.73 Å². The Hall–Kier alpha value is -1.47. The van der Waals surface area contributed by atoms with Gasteiger partial charge in [0, 0.05) is 35.7 Å². The van der Waals surface area contributed by atoms with E-state index in [0.29, 0.717) is 29.0 Å². The summed E-state index contributed by atoms with van der Waals surface area (Å²) in [6.07, 6.45) is 1.96. The molecule has 2 unspecified atom stereocenters. The lowest BCUT2D eigenvalue weighted by molar-refractivity contribution is -0.384. The highest BCUT2D eigenvalue weighted by molar-refractivity contribution is 9.10. The Morgan fingerprint density at radius 2 is 2.29 bits per heavy atom. The molecule has 0 radical (unpaired) electrons. The minimum absolute atomic E-state index is 0.0365. The third kappa shape index (κ3) is 3.59. The van der Waals surface area contributed by atoms with Crippen LogP contribution in [0.3, 0.4) is 0 Å². The summed E-state index contributed by atoms with van der Waals surface area (Å²) in [6.45, 7) is 3.30. The fourth-order valence-corrected chi connectivity index (χ4v) is 3.12. The Balaban J connectivity index is 2.18. The normalized spacial score (nSPS) is 20.1. The molecule has 2 rings (SSSR count). The average Bonchev–Trinajstić information content (AvgIpc) is 2.46. The number of nitrogens with two attached hydrogens (primary N) is 1. The van der Waals surface area contributed by atoms with Gasteiger partial charge in [-0.3, -0.25) is 14.9 Å². The largest absolute Gasteiger partial charge is 0.338 e. The van der Waals surface area contributed by atoms with Crippen LogP contribution in [-0.2, 0) is 0 Å². The van der Waals surface area contributed by atoms with Crippen LogP contribution in [0.15, 0.2) is 22.7 Å². The molecular weight excluding hydrogens is 338 g/mol. The summed E-state index contributed by atoms with van der Waals surface area (Å²) in [5.74, 6) is 0.196. The number of rotatable bonds is 3. The summed E-state index contributed by atoms with van der Waals surface area (Å²) in [5.41, 5.74) is 6.34. The van der Waals surface area contributed by atoms with Crippen LogP contribution in [0.1, 0.15) is 30.1 Å². The van der Waals surface area contributed by atoms with Crippen molar-refractivity contribution in [1.82, 2.24) is 4.90 Å². The van der Waals surface area contributed by atoms with Crippen LogP contribution in [-0.4, -0.2) is 34.9 Å². The molecule has 0 aromatic heterocycles. The quantitative estimate of drug-likeness (QED) is 0.666. The molecule has 1 aromatic rings. The van der Waals surface area contributed by atoms with E-state index in [0.717, 1.165) is 12.8 Å². The molecule has 6 nitrogen and oxygen atoms in total. The fourth-order valence-electron chi connectivity index (χ4n) is 2.58. The maximum absolute atomic E-state index is 12.6. The zero-order valence-electron chi connectivity index (χ0n) is 11.8. The third-order valence-corrected chi connectivity index (χ3v) is 4.54. The number of carbonyl (C=O) groups excluding carboxylic acids is 1. The van der Waals surface area contributed by atoms with Gasteiger partial charge in [-0.2, -0.15) is 0 Å². The fraction of sp³-hybridized carbons (Fsp3) is 0.500. The summed E-state index contributed by atoms with van der Waals surface area (Å²) in [4.78, 5) is 24.6. The van der Waals surface area contributed by atoms with Crippen LogP contribution in [0, 0.1) is 16.0 Å². The van der Waals surface area contributed by atoms with Gasteiger partial charge in [0.05, 0.1) is 10.5 Å². The summed E-state index contributed by atoms with van der Waals surface area (Å²) < 4.78 is 0.449. The molecule has 114 valence electrons. The zero-order chi connectivity index (χ0) is 15.6. The Bertz CT molecular complexity index is 562. The number of nitro benzene ring substituents is 1. The molecule has 1 aromatic carbocycles. The molecule has 1 saturated heterocycles. The lowest BCUT2D eigenvalue weighted by Gasteiger charge is -2.34. The molecule has 1 aliphatic rings. The average molecular weight is 356 g/mol. The Morgan fingerprint density at radius 1 is 1.57 bits per heavy atom. The maximum Gasteiger partial charge on any atom is 0.270 e. The Morgan fingerprint density at radius 3 is 2.86 bits per heavy atom. The van der Waals surface area contributed by atoms with E-state index < -0.39 is 4.92 Å². The van der Waals surface area contributed by atoms with E-state index in [9.17, 15) is 14.9 Å². The number of hydrogen-bond donors (Lipinski definition) is 1. The molecule has 1 aliphatic heterocycles. The highest BCUT2D eigenvalue weighted by atomic mass is 79.9. The van der Waals surface area contributed by atoms with Gasteiger partial charge in [0.1, 0.15) is 0 Å². The van der Waals surface area contributed by atoms with Crippen molar-refractivity contribution in [1.29, 1.82) is 0 Å². The van der Waals surface area contributed by atoms with Crippen molar-refractivity contribution >= 4 is 27.5 Å². The van der Waals surface area contributed by atoms with Crippen LogP contribution in [0.5, 0.6) is 0 Å². The second-order valence-electron chi connectivity index (χ2n) is 5.43. The van der Waals surface area contributed by atoms with Crippen molar-refractivity contribution in [2.24, 2.45) is 11.7 Å². The van der Waals surface area contributed by atoms with E-state index in [1.807, 2.05) is 6.92 Å². The van der Waals surface area contributed by atoms with Gasteiger partial charge in [0.15, 0.2) is 0 Å². The number of benzene rings is 1. The molecule has 0 saturated carbocycles. The lowest BCUT2D eigenvalue weighted by atomic mass is 9.92. The van der Waals surface area contributed by atoms with Crippen molar-refractivity contribution in [3.8, 4) is 0 Å². The number of piperidine rings is 1. The van der Waals surface area contributed by atoms with Crippen molar-refractivity contribution in [2.75, 3.05) is 13.1 Å². The van der Waals surface area contributed by atoms with E-state index in [2.05, 4.69) is 15.9 Å². The van der Waals surface area contributed by atoms with Crippen molar-refractivity contribution < 1.29 is 9.72 Å². The van der Waals surface area contributed by atoms with Crippen LogP contribution in [0.25, 0.3) is 0 Å². The number of amides is 1. The zero-order valence-corrected chi connectivity index (χ0v) is 13.4. The Labute approximate surface area is 131 Å². The first-order chi connectivity index (χ1) is 9.90. The van der Waals surface area contributed by atoms with Crippen molar-refractivity contribution in [2.45, 2.75) is 25.8 Å². The highest BCUT2D eigenvalue weighted by Gasteiger charge is 2.27. The topological polar surface area (TPSA) is 89.5 Å². The molecule has 0 spiro atoms. The number of nitrogens with zero attached hydrogens (tertiary/aromatic N) is 2. The van der Waals surface area contributed by atoms with Crippen LogP contribution in [0.2, 0.25) is 0 Å². The summed E-state index contributed by atoms with van der Waals surface area (Å²) >= 11 is 3.25. The summed E-state index contributed by atoms with van der Waals surface area (Å²) in [5, 5.41) is 10.7. The second kappa shape index (κ2) is 6.53. The van der Waals surface area contributed by atoms with Gasteiger partial charge in [-0.15, -0.1) is 0 Å². The molecule has 1 fully saturated rings. The Kier molecular flexibility index (Phi) is 4.95. The van der Waals surface area contributed by atoms with Gasteiger partial charge in [0.25, 0.3) is 11.6 Å². The standard InChI is InChI=1S/C14H18BrN3O3/c1-9(16)10-3-2-6-17(8-10)14(19)12-5-4-11(18(20)21)7-13(12)15/h4-5,7,9-10H,2-3,6,8,16H2,1H3. The molecule has 0 bridgehead atoms. The molecule has 2 N–H and O–H groups in total. The van der Waals surface area contributed by atoms with Crippen molar-refractivity contribution in [3.63, 3.8) is 0 Å². The van der Waals surface area contributed by atoms with E-state index in [1.165, 1.54) is 18.2 Å². The second-order valence-corrected chi connectivity index (χ2v) is 6.29. The van der Waals surface area contributed by atoms with Gasteiger partial charge >= 0.3 is 0 Å². The van der Waals surface area contributed by atoms with Crippen molar-refractivity contribution in [3.05, 3.63) is 38.3 Å². The van der Waals surface area contributed by atoms with E-state index in [-0.39, 0.29) is 17.6 Å². The maximum atomic E-state index is 12.6. The van der Waals surface area contributed by atoms with Gasteiger partial charge in [0.2, 0.25) is 0 Å². The number of halogens is 1. The number of carbonyl (C=O) groups is 1. The molecular formula is C14H18BrN3O3. The van der Waals surface area contributed by atoms with Gasteiger partial charge in [-0.05, 0) is 47.7 Å². The number of non-ortho nitro benzene ring substituents is 1. The smallest absolute Gasteiger partial charge is 0.270 e. The SMILES string of the molecule is CC(N)C1CCCN(C(=O)c2ccc([N+](=O)[O-])cc2Br)C1. The monoisotopic (exact) mass is 355 g/mol. The molecule has 1 heterocycles. The van der Waals surface area contributed by atoms with E-state index in [1.54, 1.807) is 4.90 Å². The summed E-state index contributed by atoms with van der Waals surface area (Å²) in [6, 6.07) is 4.27. The molecule has 7 heteroatoms. The van der Waals surface area contributed by atoms with E-state index >= 15 is 0 Å². The van der Waals surface area contributed by atoms with Gasteiger partial charge in [-0.1, -0.05) is 0 Å². The molecule has 2 atom stereocenters. The lowest BCUT2D eigenvalue weighted by Crippen LogP contribution is -2.45. The minimum atomic E-state index is -0.480. The first-order valence-corrected chi connectivity index (χ1v) is 7.68. The van der Waals surface area contributed by atoms with Gasteiger partial charge < -0.3 is 10.6 Å². The van der Waals surface area contributed by atoms with Gasteiger partial charge in [-0.25, -0.2) is 0 Å². The van der Waals surface area contributed by atoms with Crippen LogP contribution in [0.4, 0.5) is 5.69 Å². The number of nitro groups is 1. The minimum Gasteiger partial charge on any atom is -0.338 e. The highest BCUT2D eigenvalue weighted by Crippen LogP contribution is 2.26. The number of likely N-dealkylation sites (tertiary alicyclic amines) is 1. The number of hydrogen-bond acceptors (Lipinski definition) is 4. The van der Waals surface area contributed by atoms with Crippen LogP contribution >= 0.6 is 15.9 Å².